The first-order valence-corrected chi connectivity index (χ1v) is 8.05. The van der Waals surface area contributed by atoms with E-state index in [9.17, 15) is 14.7 Å². The Kier molecular flexibility index (Phi) is 6.67. The van der Waals surface area contributed by atoms with E-state index >= 15 is 0 Å². The first-order valence-electron chi connectivity index (χ1n) is 8.05. The van der Waals surface area contributed by atoms with Gasteiger partial charge in [0, 0.05) is 27.3 Å². The molecule has 144 valence electrons. The number of carboxylic acid groups (broad SMARTS) is 1. The minimum Gasteiger partial charge on any atom is -0.488 e. The van der Waals surface area contributed by atoms with Gasteiger partial charge < -0.3 is 24.2 Å². The molecule has 0 aliphatic rings. The quantitative estimate of drug-likeness (QED) is 0.746. The van der Waals surface area contributed by atoms with Gasteiger partial charge in [0.15, 0.2) is 5.75 Å². The molecular formula is C18H21N3O6. The summed E-state index contributed by atoms with van der Waals surface area (Å²) in [6.07, 6.45) is 2.41. The van der Waals surface area contributed by atoms with Gasteiger partial charge in [0.25, 0.3) is 5.91 Å². The number of methoxy groups -OCH3 is 1. The highest BCUT2D eigenvalue weighted by Gasteiger charge is 2.14. The fourth-order valence-corrected chi connectivity index (χ4v) is 2.14. The zero-order valence-corrected chi connectivity index (χ0v) is 15.5. The minimum atomic E-state index is -1.12. The molecule has 1 amide bonds. The molecule has 1 N–H and O–H groups in total. The number of amides is 1. The van der Waals surface area contributed by atoms with Gasteiger partial charge >= 0.3 is 5.97 Å². The van der Waals surface area contributed by atoms with Crippen LogP contribution in [0.2, 0.25) is 0 Å². The Morgan fingerprint density at radius 3 is 2.30 bits per heavy atom. The van der Waals surface area contributed by atoms with Gasteiger partial charge in [-0.05, 0) is 19.1 Å². The molecular weight excluding hydrogens is 354 g/mol. The van der Waals surface area contributed by atoms with Crippen molar-refractivity contribution in [3.05, 3.63) is 42.0 Å². The summed E-state index contributed by atoms with van der Waals surface area (Å²) in [5, 5.41) is 9.28. The van der Waals surface area contributed by atoms with Gasteiger partial charge in [-0.25, -0.2) is 14.8 Å². The molecule has 0 saturated heterocycles. The molecule has 0 spiro atoms. The monoisotopic (exact) mass is 375 g/mol. The second-order valence-corrected chi connectivity index (χ2v) is 5.93. The van der Waals surface area contributed by atoms with Gasteiger partial charge in [-0.3, -0.25) is 4.79 Å². The van der Waals surface area contributed by atoms with Crippen molar-refractivity contribution in [3.63, 3.8) is 0 Å². The van der Waals surface area contributed by atoms with Gasteiger partial charge in [-0.2, -0.15) is 0 Å². The Bertz CT molecular complexity index is 807. The van der Waals surface area contributed by atoms with Crippen molar-refractivity contribution in [1.82, 2.24) is 14.9 Å². The van der Waals surface area contributed by atoms with E-state index < -0.39 is 5.97 Å². The molecule has 1 aromatic heterocycles. The smallest absolute Gasteiger partial charge is 0.335 e. The molecule has 0 aliphatic heterocycles. The third-order valence-electron chi connectivity index (χ3n) is 3.33. The first kappa shape index (κ1) is 20.1. The number of carbonyl (C=O) groups is 2. The number of nitrogens with zero attached hydrogens (tertiary/aromatic N) is 3. The molecule has 1 atom stereocenters. The van der Waals surface area contributed by atoms with Crippen LogP contribution in [0.3, 0.4) is 0 Å². The number of carbonyl (C=O) groups excluding carboxylic acids is 1. The van der Waals surface area contributed by atoms with E-state index in [0.717, 1.165) is 0 Å². The van der Waals surface area contributed by atoms with Crippen molar-refractivity contribution in [1.29, 1.82) is 0 Å². The molecule has 0 fully saturated rings. The highest BCUT2D eigenvalue weighted by atomic mass is 16.5. The lowest BCUT2D eigenvalue weighted by Crippen LogP contribution is -2.23. The highest BCUT2D eigenvalue weighted by molar-refractivity contribution is 5.90. The van der Waals surface area contributed by atoms with Crippen LogP contribution in [0, 0.1) is 0 Å². The van der Waals surface area contributed by atoms with Gasteiger partial charge in [-0.15, -0.1) is 0 Å². The Morgan fingerprint density at radius 1 is 1.11 bits per heavy atom. The Morgan fingerprint density at radius 2 is 1.74 bits per heavy atom. The zero-order valence-electron chi connectivity index (χ0n) is 15.5. The summed E-state index contributed by atoms with van der Waals surface area (Å²) in [6.45, 7) is 2.15. The number of rotatable bonds is 8. The Hall–Kier alpha value is -3.20. The normalized spacial score (nSPS) is 11.6. The number of aromatic nitrogens is 2. The van der Waals surface area contributed by atoms with Crippen molar-refractivity contribution < 1.29 is 28.9 Å². The number of aromatic carboxylic acids is 1. The third kappa shape index (κ3) is 5.65. The molecule has 1 aromatic carbocycles. The number of hydrogen-bond acceptors (Lipinski definition) is 7. The molecule has 0 unspecified atom stereocenters. The van der Waals surface area contributed by atoms with Crippen LogP contribution < -0.4 is 9.47 Å². The fraction of sp³-hybridized carbons (Fsp3) is 0.333. The summed E-state index contributed by atoms with van der Waals surface area (Å²) >= 11 is 0. The number of hydrogen-bond donors (Lipinski definition) is 1. The summed E-state index contributed by atoms with van der Waals surface area (Å²) < 4.78 is 16.3. The second-order valence-electron chi connectivity index (χ2n) is 5.93. The van der Waals surface area contributed by atoms with Crippen molar-refractivity contribution >= 4 is 11.9 Å². The van der Waals surface area contributed by atoms with Crippen LogP contribution in [-0.2, 0) is 4.74 Å². The molecule has 0 bridgehead atoms. The zero-order chi connectivity index (χ0) is 20.0. The highest BCUT2D eigenvalue weighted by Crippen LogP contribution is 2.27. The van der Waals surface area contributed by atoms with E-state index in [1.807, 2.05) is 0 Å². The van der Waals surface area contributed by atoms with Crippen molar-refractivity contribution in [3.8, 4) is 17.2 Å². The standard InChI is InChI=1S/C18H21N3O6/c1-11(10-25-4)26-13-5-12(18(23)24)6-14(7-13)27-15-8-19-16(20-9-15)17(22)21(2)3/h5-9,11H,10H2,1-4H3,(H,23,24)/t11-/m0/s1. The fourth-order valence-electron chi connectivity index (χ4n) is 2.14. The van der Waals surface area contributed by atoms with E-state index in [-0.39, 0.29) is 34.9 Å². The number of benzene rings is 1. The van der Waals surface area contributed by atoms with Gasteiger partial charge in [0.1, 0.15) is 17.6 Å². The van der Waals surface area contributed by atoms with E-state index in [2.05, 4.69) is 9.97 Å². The first-order chi connectivity index (χ1) is 12.8. The molecule has 0 saturated carbocycles. The average molecular weight is 375 g/mol. The summed E-state index contributed by atoms with van der Waals surface area (Å²) in [4.78, 5) is 32.4. The predicted molar refractivity (Wildman–Crippen MR) is 95.5 cm³/mol. The van der Waals surface area contributed by atoms with Gasteiger partial charge in [-0.1, -0.05) is 0 Å². The summed E-state index contributed by atoms with van der Waals surface area (Å²) in [7, 11) is 4.74. The van der Waals surface area contributed by atoms with Crippen LogP contribution in [0.25, 0.3) is 0 Å². The minimum absolute atomic E-state index is 0.00689. The van der Waals surface area contributed by atoms with Crippen molar-refractivity contribution in [2.24, 2.45) is 0 Å². The van der Waals surface area contributed by atoms with Crippen molar-refractivity contribution in [2.45, 2.75) is 13.0 Å². The SMILES string of the molecule is COC[C@H](C)Oc1cc(Oc2cnc(C(=O)N(C)C)nc2)cc(C(=O)O)c1. The molecule has 27 heavy (non-hydrogen) atoms. The molecule has 0 radical (unpaired) electrons. The maximum atomic E-state index is 11.8. The second kappa shape index (κ2) is 8.95. The average Bonchev–Trinajstić information content (AvgIpc) is 2.61. The molecule has 2 aromatic rings. The van der Waals surface area contributed by atoms with E-state index in [4.69, 9.17) is 14.2 Å². The van der Waals surface area contributed by atoms with Crippen LogP contribution in [0.4, 0.5) is 0 Å². The lowest BCUT2D eigenvalue weighted by molar-refractivity contribution is 0.0693. The Balaban J connectivity index is 2.22. The largest absolute Gasteiger partial charge is 0.488 e. The lowest BCUT2D eigenvalue weighted by atomic mass is 10.2. The van der Waals surface area contributed by atoms with E-state index in [1.165, 1.54) is 29.4 Å². The topological polar surface area (TPSA) is 111 Å². The molecule has 2 rings (SSSR count). The maximum Gasteiger partial charge on any atom is 0.335 e. The van der Waals surface area contributed by atoms with Crippen LogP contribution in [-0.4, -0.2) is 65.8 Å². The molecule has 9 heteroatoms. The molecule has 1 heterocycles. The van der Waals surface area contributed by atoms with Crippen LogP contribution in [0.15, 0.2) is 30.6 Å². The predicted octanol–water partition coefficient (Wildman–Crippen LogP) is 2.08. The molecule has 0 aliphatic carbocycles. The van der Waals surface area contributed by atoms with Crippen molar-refractivity contribution in [2.75, 3.05) is 27.8 Å². The maximum absolute atomic E-state index is 11.8. The Labute approximate surface area is 156 Å². The van der Waals surface area contributed by atoms with Gasteiger partial charge in [0.2, 0.25) is 5.82 Å². The van der Waals surface area contributed by atoms with Crippen LogP contribution >= 0.6 is 0 Å². The van der Waals surface area contributed by atoms with E-state index in [1.54, 1.807) is 34.2 Å². The summed E-state index contributed by atoms with van der Waals surface area (Å²) in [5.74, 6) is -0.600. The third-order valence-corrected chi connectivity index (χ3v) is 3.33. The molecule has 9 nitrogen and oxygen atoms in total. The van der Waals surface area contributed by atoms with Crippen LogP contribution in [0.5, 0.6) is 17.2 Å². The summed E-state index contributed by atoms with van der Waals surface area (Å²) in [6, 6.07) is 4.31. The summed E-state index contributed by atoms with van der Waals surface area (Å²) in [5.41, 5.74) is 0.00689. The lowest BCUT2D eigenvalue weighted by Gasteiger charge is -2.15. The van der Waals surface area contributed by atoms with Gasteiger partial charge in [0.05, 0.1) is 24.6 Å². The van der Waals surface area contributed by atoms with E-state index in [0.29, 0.717) is 12.4 Å². The number of ether oxygens (including phenoxy) is 3. The van der Waals surface area contributed by atoms with Crippen LogP contribution in [0.1, 0.15) is 27.9 Å². The number of carboxylic acids is 1.